The molecule has 0 heterocycles. The summed E-state index contributed by atoms with van der Waals surface area (Å²) >= 11 is 0. The molecule has 1 rings (SSSR count). The van der Waals surface area contributed by atoms with Gasteiger partial charge >= 0.3 is 6.18 Å². The van der Waals surface area contributed by atoms with Crippen molar-refractivity contribution in [2.45, 2.75) is 26.1 Å². The number of amides is 1. The quantitative estimate of drug-likeness (QED) is 0.637. The molecule has 0 aliphatic carbocycles. The lowest BCUT2D eigenvalue weighted by Gasteiger charge is -2.17. The van der Waals surface area contributed by atoms with Crippen LogP contribution in [-0.2, 0) is 11.0 Å². The zero-order valence-corrected chi connectivity index (χ0v) is 9.73. The number of alkyl halides is 3. The van der Waals surface area contributed by atoms with Crippen LogP contribution in [-0.4, -0.2) is 5.91 Å². The van der Waals surface area contributed by atoms with Crippen LogP contribution >= 0.6 is 0 Å². The lowest BCUT2D eigenvalue weighted by Crippen LogP contribution is -2.25. The van der Waals surface area contributed by atoms with E-state index in [1.165, 1.54) is 13.8 Å². The minimum absolute atomic E-state index is 0.212. The number of anilines is 1. The maximum Gasteiger partial charge on any atom is 0.419 e. The van der Waals surface area contributed by atoms with Gasteiger partial charge in [-0.05, 0) is 19.1 Å². The molecule has 0 radical (unpaired) electrons. The van der Waals surface area contributed by atoms with Crippen LogP contribution in [0, 0.1) is 5.82 Å². The number of carbonyl (C=O) groups is 1. The molecule has 1 amide bonds. The van der Waals surface area contributed by atoms with E-state index in [1.807, 2.05) is 0 Å². The monoisotopic (exact) mass is 264 g/mol. The molecule has 18 heavy (non-hydrogen) atoms. The van der Waals surface area contributed by atoms with Gasteiger partial charge in [0, 0.05) is 18.2 Å². The van der Waals surface area contributed by atoms with Crippen molar-refractivity contribution in [3.8, 4) is 0 Å². The molecule has 1 atom stereocenters. The van der Waals surface area contributed by atoms with Crippen molar-refractivity contribution < 1.29 is 22.4 Å². The van der Waals surface area contributed by atoms with Gasteiger partial charge in [0.2, 0.25) is 5.91 Å². The van der Waals surface area contributed by atoms with Crippen molar-refractivity contribution in [1.29, 1.82) is 0 Å². The third kappa shape index (κ3) is 3.12. The summed E-state index contributed by atoms with van der Waals surface area (Å²) in [7, 11) is 0. The molecular weight excluding hydrogens is 252 g/mol. The number of halogens is 4. The van der Waals surface area contributed by atoms with E-state index in [2.05, 4.69) is 5.32 Å². The van der Waals surface area contributed by atoms with E-state index in [1.54, 1.807) is 0 Å². The second-order valence-corrected chi connectivity index (χ2v) is 3.89. The van der Waals surface area contributed by atoms with Crippen LogP contribution in [0.2, 0.25) is 0 Å². The third-order valence-corrected chi connectivity index (χ3v) is 2.31. The first-order chi connectivity index (χ1) is 8.12. The Hall–Kier alpha value is -1.79. The molecule has 0 aliphatic rings. The molecule has 0 saturated heterocycles. The second-order valence-electron chi connectivity index (χ2n) is 3.89. The van der Waals surface area contributed by atoms with Crippen LogP contribution in [0.1, 0.15) is 31.0 Å². The van der Waals surface area contributed by atoms with Crippen LogP contribution in [0.15, 0.2) is 12.1 Å². The summed E-state index contributed by atoms with van der Waals surface area (Å²) in [5.41, 5.74) is 3.37. The first-order valence-electron chi connectivity index (χ1n) is 5.06. The highest BCUT2D eigenvalue weighted by Gasteiger charge is 2.36. The minimum atomic E-state index is -4.83. The van der Waals surface area contributed by atoms with Gasteiger partial charge in [0.05, 0.1) is 11.6 Å². The van der Waals surface area contributed by atoms with Crippen molar-refractivity contribution in [2.75, 3.05) is 5.73 Å². The number of nitrogen functional groups attached to an aromatic ring is 1. The molecule has 0 spiro atoms. The number of carbonyl (C=O) groups excluding carboxylic acids is 1. The molecule has 0 bridgehead atoms. The first-order valence-corrected chi connectivity index (χ1v) is 5.06. The highest BCUT2D eigenvalue weighted by molar-refractivity contribution is 5.73. The molecule has 7 heteroatoms. The predicted molar refractivity (Wildman–Crippen MR) is 58.0 cm³/mol. The van der Waals surface area contributed by atoms with Crippen molar-refractivity contribution in [1.82, 2.24) is 5.32 Å². The van der Waals surface area contributed by atoms with E-state index < -0.39 is 29.5 Å². The highest BCUT2D eigenvalue weighted by atomic mass is 19.4. The van der Waals surface area contributed by atoms with E-state index in [0.717, 1.165) is 6.07 Å². The van der Waals surface area contributed by atoms with Gasteiger partial charge in [0.15, 0.2) is 0 Å². The number of rotatable bonds is 2. The zero-order valence-electron chi connectivity index (χ0n) is 9.73. The summed E-state index contributed by atoms with van der Waals surface area (Å²) in [6.45, 7) is 2.56. The van der Waals surface area contributed by atoms with Crippen molar-refractivity contribution >= 4 is 11.6 Å². The average Bonchev–Trinajstić information content (AvgIpc) is 2.18. The molecule has 0 aliphatic heterocycles. The van der Waals surface area contributed by atoms with E-state index >= 15 is 0 Å². The van der Waals surface area contributed by atoms with Crippen LogP contribution in [0.4, 0.5) is 23.2 Å². The summed E-state index contributed by atoms with van der Waals surface area (Å²) in [5, 5.41) is 2.30. The Balaban J connectivity index is 3.29. The number of hydrogen-bond acceptors (Lipinski definition) is 2. The fourth-order valence-corrected chi connectivity index (χ4v) is 1.57. The Morgan fingerprint density at radius 1 is 1.39 bits per heavy atom. The smallest absolute Gasteiger partial charge is 0.399 e. The summed E-state index contributed by atoms with van der Waals surface area (Å²) in [5.74, 6) is -1.89. The summed E-state index contributed by atoms with van der Waals surface area (Å²) in [6, 6.07) is 0.705. The Kier molecular flexibility index (Phi) is 3.83. The van der Waals surface area contributed by atoms with Crippen LogP contribution in [0.3, 0.4) is 0 Å². The molecule has 0 fully saturated rings. The van der Waals surface area contributed by atoms with Crippen molar-refractivity contribution in [3.05, 3.63) is 29.1 Å². The molecule has 1 aromatic carbocycles. The van der Waals surface area contributed by atoms with Crippen LogP contribution < -0.4 is 11.1 Å². The lowest BCUT2D eigenvalue weighted by atomic mass is 10.0. The maximum atomic E-state index is 13.7. The lowest BCUT2D eigenvalue weighted by molar-refractivity contribution is -0.140. The molecule has 100 valence electrons. The van der Waals surface area contributed by atoms with E-state index in [-0.39, 0.29) is 11.3 Å². The van der Waals surface area contributed by atoms with Crippen molar-refractivity contribution in [2.24, 2.45) is 0 Å². The maximum absolute atomic E-state index is 13.7. The summed E-state index contributed by atoms with van der Waals surface area (Å²) in [6.07, 6.45) is -4.83. The van der Waals surface area contributed by atoms with E-state index in [4.69, 9.17) is 5.73 Å². The average molecular weight is 264 g/mol. The number of nitrogens with two attached hydrogens (primary N) is 1. The number of nitrogens with one attached hydrogen (secondary N) is 1. The van der Waals surface area contributed by atoms with Crippen LogP contribution in [0.5, 0.6) is 0 Å². The van der Waals surface area contributed by atoms with Gasteiger partial charge in [-0.1, -0.05) is 0 Å². The molecule has 3 nitrogen and oxygen atoms in total. The van der Waals surface area contributed by atoms with Crippen molar-refractivity contribution in [3.63, 3.8) is 0 Å². The van der Waals surface area contributed by atoms with Gasteiger partial charge in [0.25, 0.3) is 0 Å². The van der Waals surface area contributed by atoms with Crippen LogP contribution in [0.25, 0.3) is 0 Å². The Labute approximate surface area is 101 Å². The predicted octanol–water partition coefficient (Wildman–Crippen LogP) is 2.62. The summed E-state index contributed by atoms with van der Waals surface area (Å²) in [4.78, 5) is 10.8. The molecule has 1 aromatic rings. The molecular formula is C11H12F4N2O. The Morgan fingerprint density at radius 2 is 1.94 bits per heavy atom. The number of benzene rings is 1. The van der Waals surface area contributed by atoms with Gasteiger partial charge in [-0.25, -0.2) is 4.39 Å². The largest absolute Gasteiger partial charge is 0.419 e. The topological polar surface area (TPSA) is 55.1 Å². The molecule has 3 N–H and O–H groups in total. The Morgan fingerprint density at radius 3 is 2.39 bits per heavy atom. The van der Waals surface area contributed by atoms with Gasteiger partial charge in [-0.15, -0.1) is 0 Å². The van der Waals surface area contributed by atoms with Gasteiger partial charge in [0.1, 0.15) is 5.82 Å². The third-order valence-electron chi connectivity index (χ3n) is 2.31. The standard InChI is InChI=1S/C11H12F4N2O/c1-5(17-6(2)18)8-3-7(16)4-9(10(8)12)11(13,14)15/h3-5H,16H2,1-2H3,(H,17,18)/t5-/m1/s1. The Bertz CT molecular complexity index is 471. The van der Waals surface area contributed by atoms with E-state index in [9.17, 15) is 22.4 Å². The normalized spacial score (nSPS) is 13.2. The van der Waals surface area contributed by atoms with Gasteiger partial charge in [-0.2, -0.15) is 13.2 Å². The SMILES string of the molecule is CC(=O)N[C@H](C)c1cc(N)cc(C(F)(F)F)c1F. The second kappa shape index (κ2) is 4.83. The van der Waals surface area contributed by atoms with Gasteiger partial charge in [-0.3, -0.25) is 4.79 Å². The fourth-order valence-electron chi connectivity index (χ4n) is 1.57. The molecule has 0 saturated carbocycles. The summed E-state index contributed by atoms with van der Waals surface area (Å²) < 4.78 is 51.4. The first kappa shape index (κ1) is 14.3. The molecule has 0 unspecified atom stereocenters. The fraction of sp³-hybridized carbons (Fsp3) is 0.364. The van der Waals surface area contributed by atoms with E-state index in [0.29, 0.717) is 6.07 Å². The molecule has 0 aromatic heterocycles. The minimum Gasteiger partial charge on any atom is -0.399 e. The zero-order chi connectivity index (χ0) is 14.1. The number of hydrogen-bond donors (Lipinski definition) is 2. The highest BCUT2D eigenvalue weighted by Crippen LogP contribution is 2.35. The van der Waals surface area contributed by atoms with Gasteiger partial charge < -0.3 is 11.1 Å².